The van der Waals surface area contributed by atoms with Gasteiger partial charge in [-0.05, 0) is 87.5 Å². The van der Waals surface area contributed by atoms with Crippen LogP contribution in [0.4, 0.5) is 0 Å². The largest absolute Gasteiger partial charge is 0.381 e. The standard InChI is InChI=1S/C42H48N6O4/c49-39(25-31-13-19-51-20-14-31)47-17-3-9-37(47)41-43-27-35(45-41)33-7-1-5-29(23-33)11-12-30-6-2-8-34(24-30)36-28-44-42(46-36)38-10-4-18-48(38)40(50)26-32-15-21-52-22-16-32/h1-2,5-8,23-24,27-28,31-32,37-38H,3-4,9-10,13-22,25-26H2,(H,43,45)(H,44,46)/t37-,38-/m0/s1. The smallest absolute Gasteiger partial charge is 0.223 e. The maximum absolute atomic E-state index is 13.3. The van der Waals surface area contributed by atoms with Crippen LogP contribution in [-0.2, 0) is 19.1 Å². The zero-order valence-corrected chi connectivity index (χ0v) is 29.8. The fraction of sp³-hybridized carbons (Fsp3) is 0.476. The normalized spacial score (nSPS) is 21.3. The van der Waals surface area contributed by atoms with Crippen molar-refractivity contribution in [3.63, 3.8) is 0 Å². The van der Waals surface area contributed by atoms with Crippen LogP contribution in [-0.4, -0.2) is 81.1 Å². The molecule has 52 heavy (non-hydrogen) atoms. The Balaban J connectivity index is 0.920. The van der Waals surface area contributed by atoms with Gasteiger partial charge in [0, 0.05) is 74.6 Å². The summed E-state index contributed by atoms with van der Waals surface area (Å²) in [5.41, 5.74) is 5.67. The van der Waals surface area contributed by atoms with Crippen LogP contribution in [0.1, 0.15) is 99.1 Å². The molecule has 0 spiro atoms. The van der Waals surface area contributed by atoms with E-state index in [1.807, 2.05) is 46.5 Å². The molecular weight excluding hydrogens is 652 g/mol. The first kappa shape index (κ1) is 34.4. The lowest BCUT2D eigenvalue weighted by molar-refractivity contribution is -0.134. The lowest BCUT2D eigenvalue weighted by Gasteiger charge is -2.27. The van der Waals surface area contributed by atoms with Crippen LogP contribution in [0, 0.1) is 23.7 Å². The average molecular weight is 701 g/mol. The summed E-state index contributed by atoms with van der Waals surface area (Å²) in [5, 5.41) is 0. The van der Waals surface area contributed by atoms with Crippen LogP contribution >= 0.6 is 0 Å². The van der Waals surface area contributed by atoms with Crippen LogP contribution in [0.25, 0.3) is 22.5 Å². The summed E-state index contributed by atoms with van der Waals surface area (Å²) in [6, 6.07) is 16.3. The number of H-pyrrole nitrogens is 2. The quantitative estimate of drug-likeness (QED) is 0.195. The summed E-state index contributed by atoms with van der Waals surface area (Å²) in [6.45, 7) is 4.60. The number of carbonyl (C=O) groups excluding carboxylic acids is 2. The highest BCUT2D eigenvalue weighted by molar-refractivity contribution is 5.78. The second-order valence-electron chi connectivity index (χ2n) is 14.8. The molecule has 0 bridgehead atoms. The van der Waals surface area contributed by atoms with E-state index in [4.69, 9.17) is 19.4 Å². The second kappa shape index (κ2) is 15.9. The number of nitrogens with zero attached hydrogens (tertiary/aromatic N) is 4. The number of benzene rings is 2. The zero-order chi connectivity index (χ0) is 35.3. The third-order valence-corrected chi connectivity index (χ3v) is 11.3. The van der Waals surface area contributed by atoms with Crippen molar-refractivity contribution in [1.29, 1.82) is 0 Å². The number of likely N-dealkylation sites (tertiary alicyclic amines) is 2. The average Bonchev–Trinajstić information content (AvgIpc) is 4.02. The molecule has 270 valence electrons. The van der Waals surface area contributed by atoms with E-state index in [1.54, 1.807) is 0 Å². The predicted octanol–water partition coefficient (Wildman–Crippen LogP) is 6.83. The molecule has 4 aromatic rings. The summed E-state index contributed by atoms with van der Waals surface area (Å²) in [7, 11) is 0. The lowest BCUT2D eigenvalue weighted by Crippen LogP contribution is -2.33. The van der Waals surface area contributed by atoms with Crippen molar-refractivity contribution in [3.05, 3.63) is 83.7 Å². The highest BCUT2D eigenvalue weighted by Gasteiger charge is 2.34. The van der Waals surface area contributed by atoms with Gasteiger partial charge in [0.25, 0.3) is 0 Å². The Morgan fingerprint density at radius 3 is 1.54 bits per heavy atom. The molecule has 4 aliphatic rings. The molecule has 0 unspecified atom stereocenters. The van der Waals surface area contributed by atoms with Crippen molar-refractivity contribution >= 4 is 11.8 Å². The lowest BCUT2D eigenvalue weighted by atomic mass is 9.96. The van der Waals surface area contributed by atoms with E-state index >= 15 is 0 Å². The van der Waals surface area contributed by atoms with E-state index in [-0.39, 0.29) is 23.9 Å². The Kier molecular flexibility index (Phi) is 10.5. The van der Waals surface area contributed by atoms with Gasteiger partial charge in [-0.2, -0.15) is 0 Å². The van der Waals surface area contributed by atoms with E-state index < -0.39 is 0 Å². The van der Waals surface area contributed by atoms with Gasteiger partial charge in [-0.25, -0.2) is 9.97 Å². The van der Waals surface area contributed by atoms with E-state index in [0.29, 0.717) is 24.7 Å². The fourth-order valence-electron chi connectivity index (χ4n) is 8.31. The molecule has 2 amide bonds. The third-order valence-electron chi connectivity index (χ3n) is 11.3. The number of ether oxygens (including phenoxy) is 2. The number of hydrogen-bond donors (Lipinski definition) is 2. The Morgan fingerprint density at radius 2 is 1.10 bits per heavy atom. The summed E-state index contributed by atoms with van der Waals surface area (Å²) < 4.78 is 11.0. The molecule has 10 nitrogen and oxygen atoms in total. The summed E-state index contributed by atoms with van der Waals surface area (Å²) in [6.07, 6.45) is 12.6. The van der Waals surface area contributed by atoms with Gasteiger partial charge in [0.15, 0.2) is 0 Å². The van der Waals surface area contributed by atoms with Crippen molar-refractivity contribution in [1.82, 2.24) is 29.7 Å². The summed E-state index contributed by atoms with van der Waals surface area (Å²) in [4.78, 5) is 47.1. The number of imidazole rings is 2. The topological polar surface area (TPSA) is 116 Å². The number of rotatable bonds is 8. The van der Waals surface area contributed by atoms with Crippen molar-refractivity contribution < 1.29 is 19.1 Å². The Bertz CT molecular complexity index is 1790. The maximum atomic E-state index is 13.3. The molecule has 2 N–H and O–H groups in total. The first-order chi connectivity index (χ1) is 25.6. The van der Waals surface area contributed by atoms with Crippen LogP contribution in [0.5, 0.6) is 0 Å². The Morgan fingerprint density at radius 1 is 0.654 bits per heavy atom. The predicted molar refractivity (Wildman–Crippen MR) is 198 cm³/mol. The van der Waals surface area contributed by atoms with Gasteiger partial charge in [-0.15, -0.1) is 0 Å². The van der Waals surface area contributed by atoms with Crippen molar-refractivity contribution in [2.24, 2.45) is 11.8 Å². The van der Waals surface area contributed by atoms with Crippen molar-refractivity contribution in [2.45, 2.75) is 76.3 Å². The van der Waals surface area contributed by atoms with E-state index in [0.717, 1.165) is 136 Å². The number of amides is 2. The molecule has 0 saturated carbocycles. The SMILES string of the molecule is O=C(CC1CCOCC1)N1CCC[C@H]1c1ncc(-c2cccc(C#Cc3cccc(-c4cnc([C@@H]5CCCN5C(=O)CC5CCOCC5)[nH]4)c3)c2)[nH]1. The third kappa shape index (κ3) is 7.86. The number of aromatic amines is 2. The Hall–Kier alpha value is -4.72. The van der Waals surface area contributed by atoms with Gasteiger partial charge < -0.3 is 29.2 Å². The van der Waals surface area contributed by atoms with Gasteiger partial charge >= 0.3 is 0 Å². The molecule has 2 aromatic carbocycles. The molecule has 4 aliphatic heterocycles. The molecule has 4 fully saturated rings. The van der Waals surface area contributed by atoms with Gasteiger partial charge in [-0.3, -0.25) is 9.59 Å². The van der Waals surface area contributed by atoms with Crippen molar-refractivity contribution in [3.8, 4) is 34.4 Å². The van der Waals surface area contributed by atoms with Crippen LogP contribution < -0.4 is 0 Å². The highest BCUT2D eigenvalue weighted by atomic mass is 16.5. The van der Waals surface area contributed by atoms with Gasteiger partial charge in [0.05, 0.1) is 35.9 Å². The summed E-state index contributed by atoms with van der Waals surface area (Å²) in [5.74, 6) is 9.70. The molecule has 4 saturated heterocycles. The molecule has 6 heterocycles. The first-order valence-electron chi connectivity index (χ1n) is 19.1. The molecular formula is C42H48N6O4. The van der Waals surface area contributed by atoms with Gasteiger partial charge in [0.1, 0.15) is 11.6 Å². The number of carbonyl (C=O) groups is 2. The fourth-order valence-corrected chi connectivity index (χ4v) is 8.31. The van der Waals surface area contributed by atoms with Crippen LogP contribution in [0.3, 0.4) is 0 Å². The minimum atomic E-state index is -0.0101. The van der Waals surface area contributed by atoms with Crippen LogP contribution in [0.15, 0.2) is 60.9 Å². The van der Waals surface area contributed by atoms with E-state index in [2.05, 4.69) is 46.1 Å². The minimum Gasteiger partial charge on any atom is -0.381 e. The molecule has 8 rings (SSSR count). The summed E-state index contributed by atoms with van der Waals surface area (Å²) >= 11 is 0. The highest BCUT2D eigenvalue weighted by Crippen LogP contribution is 2.35. The Labute approximate surface area is 305 Å². The van der Waals surface area contributed by atoms with Crippen LogP contribution in [0.2, 0.25) is 0 Å². The zero-order valence-electron chi connectivity index (χ0n) is 29.8. The first-order valence-corrected chi connectivity index (χ1v) is 19.1. The molecule has 0 radical (unpaired) electrons. The maximum Gasteiger partial charge on any atom is 0.223 e. The number of hydrogen-bond acceptors (Lipinski definition) is 6. The molecule has 2 aromatic heterocycles. The monoisotopic (exact) mass is 700 g/mol. The second-order valence-corrected chi connectivity index (χ2v) is 14.8. The molecule has 2 atom stereocenters. The van der Waals surface area contributed by atoms with E-state index in [9.17, 15) is 9.59 Å². The van der Waals surface area contributed by atoms with Gasteiger partial charge in [0.2, 0.25) is 11.8 Å². The molecule has 10 heteroatoms. The molecule has 0 aliphatic carbocycles. The van der Waals surface area contributed by atoms with E-state index in [1.165, 1.54) is 0 Å². The number of nitrogens with one attached hydrogen (secondary N) is 2. The number of aromatic nitrogens is 4. The minimum absolute atomic E-state index is 0.0101. The van der Waals surface area contributed by atoms with Gasteiger partial charge in [-0.1, -0.05) is 36.1 Å². The van der Waals surface area contributed by atoms with Crippen molar-refractivity contribution in [2.75, 3.05) is 39.5 Å².